The molecule has 0 amide bonds. The van der Waals surface area contributed by atoms with Crippen LogP contribution in [0.1, 0.15) is 46.8 Å². The number of nitrogens with zero attached hydrogens (tertiary/aromatic N) is 4. The van der Waals surface area contributed by atoms with Crippen LogP contribution < -0.4 is 0 Å². The lowest BCUT2D eigenvalue weighted by molar-refractivity contribution is -0.0351. The highest BCUT2D eigenvalue weighted by molar-refractivity contribution is 5.29. The highest BCUT2D eigenvalue weighted by Gasteiger charge is 2.24. The average Bonchev–Trinajstić information content (AvgIpc) is 3.09. The quantitative estimate of drug-likeness (QED) is 0.613. The molecule has 1 aliphatic rings. The van der Waals surface area contributed by atoms with Crippen molar-refractivity contribution in [1.82, 2.24) is 19.7 Å². The summed E-state index contributed by atoms with van der Waals surface area (Å²) in [5.41, 5.74) is 6.57. The minimum Gasteiger partial charge on any atom is -0.369 e. The first-order valence-electron chi connectivity index (χ1n) is 10.6. The average molecular weight is 409 g/mol. The van der Waals surface area contributed by atoms with Crippen LogP contribution in [0, 0.1) is 19.7 Å². The van der Waals surface area contributed by atoms with Crippen LogP contribution >= 0.6 is 0 Å². The molecule has 0 N–H and O–H groups in total. The highest BCUT2D eigenvalue weighted by Crippen LogP contribution is 2.24. The van der Waals surface area contributed by atoms with Gasteiger partial charge in [0.25, 0.3) is 0 Å². The molecule has 1 aliphatic heterocycles. The first-order valence-corrected chi connectivity index (χ1v) is 10.6. The van der Waals surface area contributed by atoms with Crippen molar-refractivity contribution in [2.75, 3.05) is 19.7 Å². The van der Waals surface area contributed by atoms with Gasteiger partial charge in [0.05, 0.1) is 18.0 Å². The van der Waals surface area contributed by atoms with Crippen molar-refractivity contribution in [2.24, 2.45) is 0 Å². The van der Waals surface area contributed by atoms with Gasteiger partial charge in [-0.15, -0.1) is 0 Å². The molecule has 2 aromatic heterocycles. The van der Waals surface area contributed by atoms with Crippen molar-refractivity contribution < 1.29 is 9.13 Å². The molecule has 0 saturated carbocycles. The van der Waals surface area contributed by atoms with Crippen LogP contribution in [0.5, 0.6) is 0 Å². The fraction of sp³-hybridized carbons (Fsp3) is 0.417. The Labute approximate surface area is 177 Å². The molecule has 0 unspecified atom stereocenters. The molecule has 5 nitrogen and oxygen atoms in total. The molecule has 1 saturated heterocycles. The normalized spacial score (nSPS) is 17.4. The molecule has 6 heteroatoms. The van der Waals surface area contributed by atoms with Gasteiger partial charge >= 0.3 is 0 Å². The molecule has 0 radical (unpaired) electrons. The van der Waals surface area contributed by atoms with E-state index in [9.17, 15) is 4.39 Å². The fourth-order valence-corrected chi connectivity index (χ4v) is 4.02. The first-order chi connectivity index (χ1) is 14.5. The number of hydrogen-bond donors (Lipinski definition) is 0. The third kappa shape index (κ3) is 4.94. The Morgan fingerprint density at radius 3 is 2.67 bits per heavy atom. The molecular formula is C24H29FN4O. The van der Waals surface area contributed by atoms with Crippen molar-refractivity contribution in [3.8, 4) is 0 Å². The van der Waals surface area contributed by atoms with Gasteiger partial charge in [0.15, 0.2) is 0 Å². The van der Waals surface area contributed by atoms with Crippen LogP contribution in [-0.2, 0) is 24.2 Å². The number of ether oxygens (including phenoxy) is 1. The zero-order chi connectivity index (χ0) is 21.1. The van der Waals surface area contributed by atoms with E-state index in [-0.39, 0.29) is 11.9 Å². The van der Waals surface area contributed by atoms with E-state index < -0.39 is 0 Å². The zero-order valence-electron chi connectivity index (χ0n) is 17.9. The van der Waals surface area contributed by atoms with E-state index in [4.69, 9.17) is 9.72 Å². The van der Waals surface area contributed by atoms with Gasteiger partial charge in [-0.3, -0.25) is 14.6 Å². The number of aromatic nitrogens is 3. The maximum absolute atomic E-state index is 13.2. The lowest BCUT2D eigenvalue weighted by Gasteiger charge is -2.32. The second-order valence-electron chi connectivity index (χ2n) is 8.03. The van der Waals surface area contributed by atoms with Crippen molar-refractivity contribution in [2.45, 2.75) is 46.4 Å². The summed E-state index contributed by atoms with van der Waals surface area (Å²) < 4.78 is 21.3. The van der Waals surface area contributed by atoms with Crippen molar-refractivity contribution in [1.29, 1.82) is 0 Å². The second-order valence-corrected chi connectivity index (χ2v) is 8.03. The van der Waals surface area contributed by atoms with Gasteiger partial charge in [0.1, 0.15) is 11.9 Å². The van der Waals surface area contributed by atoms with Gasteiger partial charge in [0.2, 0.25) is 0 Å². The topological polar surface area (TPSA) is 43.2 Å². The summed E-state index contributed by atoms with van der Waals surface area (Å²) >= 11 is 0. The fourth-order valence-electron chi connectivity index (χ4n) is 4.02. The van der Waals surface area contributed by atoms with Gasteiger partial charge < -0.3 is 4.74 Å². The number of hydrogen-bond acceptors (Lipinski definition) is 4. The number of halogens is 1. The van der Waals surface area contributed by atoms with E-state index in [0.717, 1.165) is 55.2 Å². The summed E-state index contributed by atoms with van der Waals surface area (Å²) in [6, 6.07) is 10.9. The van der Waals surface area contributed by atoms with Crippen LogP contribution in [-0.4, -0.2) is 39.4 Å². The van der Waals surface area contributed by atoms with Crippen molar-refractivity contribution >= 4 is 0 Å². The van der Waals surface area contributed by atoms with Gasteiger partial charge in [-0.2, -0.15) is 5.10 Å². The lowest BCUT2D eigenvalue weighted by Crippen LogP contribution is -2.38. The largest absolute Gasteiger partial charge is 0.369 e. The Bertz CT molecular complexity index is 999. The minimum absolute atomic E-state index is 0.0489. The third-order valence-corrected chi connectivity index (χ3v) is 5.60. The molecule has 158 valence electrons. The molecule has 3 heterocycles. The standard InChI is InChI=1S/C24H29FN4O/c1-4-29-15-21(18(3)27-29)14-28-9-10-30-24(16-28)23-13-20(11-17(2)26-23)12-19-5-7-22(25)8-6-19/h5-8,11,13,15,24H,4,9-10,12,14,16H2,1-3H3/t24-/m0/s1. The van der Waals surface area contributed by atoms with E-state index in [1.165, 1.54) is 23.3 Å². The van der Waals surface area contributed by atoms with Crippen molar-refractivity contribution in [3.63, 3.8) is 0 Å². The Morgan fingerprint density at radius 2 is 1.93 bits per heavy atom. The molecule has 1 fully saturated rings. The molecule has 4 rings (SSSR count). The highest BCUT2D eigenvalue weighted by atomic mass is 19.1. The minimum atomic E-state index is -0.208. The smallest absolute Gasteiger partial charge is 0.123 e. The van der Waals surface area contributed by atoms with Gasteiger partial charge in [-0.05, 0) is 62.6 Å². The van der Waals surface area contributed by atoms with Gasteiger partial charge in [-0.25, -0.2) is 4.39 Å². The molecule has 1 aromatic carbocycles. The number of benzene rings is 1. The van der Waals surface area contributed by atoms with E-state index in [2.05, 4.69) is 42.2 Å². The predicted molar refractivity (Wildman–Crippen MR) is 115 cm³/mol. The predicted octanol–water partition coefficient (Wildman–Crippen LogP) is 4.22. The molecule has 0 bridgehead atoms. The SMILES string of the molecule is CCn1cc(CN2CCO[C@H](c3cc(Cc4ccc(F)cc4)cc(C)n3)C2)c(C)n1. The maximum Gasteiger partial charge on any atom is 0.123 e. The van der Waals surface area contributed by atoms with Crippen LogP contribution in [0.15, 0.2) is 42.6 Å². The van der Waals surface area contributed by atoms with E-state index >= 15 is 0 Å². The van der Waals surface area contributed by atoms with Gasteiger partial charge in [-0.1, -0.05) is 12.1 Å². The van der Waals surface area contributed by atoms with Gasteiger partial charge in [0, 0.05) is 43.6 Å². The van der Waals surface area contributed by atoms with Crippen LogP contribution in [0.4, 0.5) is 4.39 Å². The lowest BCUT2D eigenvalue weighted by atomic mass is 10.0. The summed E-state index contributed by atoms with van der Waals surface area (Å²) in [5, 5.41) is 4.56. The summed E-state index contributed by atoms with van der Waals surface area (Å²) in [6.07, 6.45) is 2.85. The Kier molecular flexibility index (Phi) is 6.25. The Hall–Kier alpha value is -2.57. The molecule has 0 spiro atoms. The summed E-state index contributed by atoms with van der Waals surface area (Å²) in [7, 11) is 0. The monoisotopic (exact) mass is 408 g/mol. The Morgan fingerprint density at radius 1 is 1.13 bits per heavy atom. The summed E-state index contributed by atoms with van der Waals surface area (Å²) in [6.45, 7) is 10.4. The zero-order valence-corrected chi connectivity index (χ0v) is 17.9. The Balaban J connectivity index is 1.48. The second kappa shape index (κ2) is 9.06. The number of pyridine rings is 1. The van der Waals surface area contributed by atoms with Crippen LogP contribution in [0.3, 0.4) is 0 Å². The van der Waals surface area contributed by atoms with E-state index in [1.54, 1.807) is 0 Å². The van der Waals surface area contributed by atoms with Crippen LogP contribution in [0.2, 0.25) is 0 Å². The van der Waals surface area contributed by atoms with E-state index in [0.29, 0.717) is 6.61 Å². The summed E-state index contributed by atoms with van der Waals surface area (Å²) in [5.74, 6) is -0.208. The number of morpholine rings is 1. The molecule has 30 heavy (non-hydrogen) atoms. The summed E-state index contributed by atoms with van der Waals surface area (Å²) in [4.78, 5) is 7.18. The van der Waals surface area contributed by atoms with Crippen molar-refractivity contribution in [3.05, 3.63) is 82.2 Å². The first kappa shape index (κ1) is 20.7. The molecule has 3 aromatic rings. The molecule has 0 aliphatic carbocycles. The third-order valence-electron chi connectivity index (χ3n) is 5.60. The number of rotatable bonds is 6. The molecular weight excluding hydrogens is 379 g/mol. The van der Waals surface area contributed by atoms with Crippen LogP contribution in [0.25, 0.3) is 0 Å². The molecule has 1 atom stereocenters. The van der Waals surface area contributed by atoms with E-state index in [1.807, 2.05) is 23.7 Å². The number of aryl methyl sites for hydroxylation is 3. The maximum atomic E-state index is 13.2.